The van der Waals surface area contributed by atoms with Crippen molar-refractivity contribution in [2.75, 3.05) is 44.2 Å². The van der Waals surface area contributed by atoms with E-state index in [0.29, 0.717) is 5.91 Å². The Labute approximate surface area is 188 Å². The molecule has 4 heterocycles. The second-order valence-electron chi connectivity index (χ2n) is 8.60. The summed E-state index contributed by atoms with van der Waals surface area (Å²) in [4.78, 5) is 19.8. The molecule has 2 aliphatic rings. The van der Waals surface area contributed by atoms with Crippen molar-refractivity contribution in [1.82, 2.24) is 20.0 Å². The molecule has 0 bridgehead atoms. The third-order valence-electron chi connectivity index (χ3n) is 6.53. The highest BCUT2D eigenvalue weighted by Crippen LogP contribution is 2.25. The van der Waals surface area contributed by atoms with Crippen molar-refractivity contribution in [3.8, 4) is 11.5 Å². The van der Waals surface area contributed by atoms with Crippen LogP contribution in [-0.2, 0) is 11.3 Å². The van der Waals surface area contributed by atoms with E-state index in [1.165, 1.54) is 5.56 Å². The molecule has 7 nitrogen and oxygen atoms in total. The Morgan fingerprint density at radius 2 is 1.66 bits per heavy atom. The molecule has 166 valence electrons. The second kappa shape index (κ2) is 9.53. The van der Waals surface area contributed by atoms with Crippen LogP contribution in [-0.4, -0.2) is 65.2 Å². The van der Waals surface area contributed by atoms with Crippen LogP contribution in [0.1, 0.15) is 18.4 Å². The first-order valence-electron chi connectivity index (χ1n) is 11.4. The van der Waals surface area contributed by atoms with E-state index in [1.54, 1.807) is 6.26 Å². The van der Waals surface area contributed by atoms with Crippen molar-refractivity contribution >= 4 is 11.7 Å². The average molecular weight is 432 g/mol. The van der Waals surface area contributed by atoms with Gasteiger partial charge in [-0.15, -0.1) is 10.2 Å². The number of carbonyl (C=O) groups is 1. The molecule has 32 heavy (non-hydrogen) atoms. The Kier molecular flexibility index (Phi) is 6.16. The zero-order valence-electron chi connectivity index (χ0n) is 18.3. The molecule has 7 heteroatoms. The largest absolute Gasteiger partial charge is 0.463 e. The van der Waals surface area contributed by atoms with E-state index in [4.69, 9.17) is 4.42 Å². The van der Waals surface area contributed by atoms with Crippen molar-refractivity contribution in [3.63, 3.8) is 0 Å². The molecule has 2 saturated heterocycles. The third kappa shape index (κ3) is 4.67. The summed E-state index contributed by atoms with van der Waals surface area (Å²) in [6.07, 6.45) is 3.37. The summed E-state index contributed by atoms with van der Waals surface area (Å²) in [6, 6.07) is 18.2. The Hall–Kier alpha value is -3.19. The number of piperazine rings is 1. The standard InChI is InChI=1S/C25H29N5O2/c31-25(30-16-14-28(15-17-30)19-20-5-2-1-3-6-20)21-10-12-29(13-11-21)24-9-8-22(26-27-24)23-7-4-18-32-23/h1-9,18,21H,10-17,19H2. The number of nitrogens with zero attached hydrogens (tertiary/aromatic N) is 5. The minimum Gasteiger partial charge on any atom is -0.463 e. The molecule has 0 spiro atoms. The molecule has 5 rings (SSSR count). The van der Waals surface area contributed by atoms with Crippen molar-refractivity contribution in [2.24, 2.45) is 5.92 Å². The van der Waals surface area contributed by atoms with E-state index < -0.39 is 0 Å². The summed E-state index contributed by atoms with van der Waals surface area (Å²) in [5, 5.41) is 8.67. The van der Waals surface area contributed by atoms with Gasteiger partial charge in [0.1, 0.15) is 5.69 Å². The minimum absolute atomic E-state index is 0.113. The van der Waals surface area contributed by atoms with Crippen LogP contribution in [0.15, 0.2) is 65.3 Å². The van der Waals surface area contributed by atoms with Gasteiger partial charge in [0.2, 0.25) is 5.91 Å². The van der Waals surface area contributed by atoms with Crippen LogP contribution in [0.2, 0.25) is 0 Å². The predicted molar refractivity (Wildman–Crippen MR) is 123 cm³/mol. The molecule has 0 saturated carbocycles. The number of piperidine rings is 1. The smallest absolute Gasteiger partial charge is 0.225 e. The summed E-state index contributed by atoms with van der Waals surface area (Å²) in [7, 11) is 0. The van der Waals surface area contributed by atoms with Crippen molar-refractivity contribution in [1.29, 1.82) is 0 Å². The highest BCUT2D eigenvalue weighted by Gasteiger charge is 2.30. The molecule has 1 amide bonds. The van der Waals surface area contributed by atoms with Gasteiger partial charge >= 0.3 is 0 Å². The lowest BCUT2D eigenvalue weighted by atomic mass is 9.95. The van der Waals surface area contributed by atoms with Crippen LogP contribution in [0.4, 0.5) is 5.82 Å². The van der Waals surface area contributed by atoms with Crippen LogP contribution in [0.3, 0.4) is 0 Å². The molecular formula is C25H29N5O2. The number of carbonyl (C=O) groups excluding carboxylic acids is 1. The van der Waals surface area contributed by atoms with Crippen LogP contribution >= 0.6 is 0 Å². The van der Waals surface area contributed by atoms with Gasteiger partial charge in [-0.25, -0.2) is 0 Å². The summed E-state index contributed by atoms with van der Waals surface area (Å²) in [5.74, 6) is 2.02. The van der Waals surface area contributed by atoms with Gasteiger partial charge in [-0.05, 0) is 42.7 Å². The van der Waals surface area contributed by atoms with Crippen molar-refractivity contribution in [3.05, 3.63) is 66.4 Å². The average Bonchev–Trinajstić information content (AvgIpc) is 3.40. The normalized spacial score (nSPS) is 18.1. The Morgan fingerprint density at radius 3 is 2.31 bits per heavy atom. The van der Waals surface area contributed by atoms with Crippen LogP contribution in [0.25, 0.3) is 11.5 Å². The Bertz CT molecular complexity index is 991. The highest BCUT2D eigenvalue weighted by atomic mass is 16.3. The maximum Gasteiger partial charge on any atom is 0.225 e. The van der Waals surface area contributed by atoms with Gasteiger partial charge < -0.3 is 14.2 Å². The molecule has 3 aromatic rings. The fraction of sp³-hybridized carbons (Fsp3) is 0.400. The van der Waals surface area contributed by atoms with Gasteiger partial charge in [0.25, 0.3) is 0 Å². The molecule has 0 radical (unpaired) electrons. The van der Waals surface area contributed by atoms with Crippen molar-refractivity contribution < 1.29 is 9.21 Å². The number of furan rings is 1. The van der Waals surface area contributed by atoms with Crippen LogP contribution in [0, 0.1) is 5.92 Å². The summed E-state index contributed by atoms with van der Waals surface area (Å²) in [6.45, 7) is 6.16. The van der Waals surface area contributed by atoms with Gasteiger partial charge in [0, 0.05) is 51.7 Å². The number of benzene rings is 1. The molecule has 2 fully saturated rings. The van der Waals surface area contributed by atoms with Crippen LogP contribution in [0.5, 0.6) is 0 Å². The van der Waals surface area contributed by atoms with E-state index in [1.807, 2.05) is 30.3 Å². The Morgan fingerprint density at radius 1 is 0.875 bits per heavy atom. The number of hydrogen-bond donors (Lipinski definition) is 0. The lowest BCUT2D eigenvalue weighted by Gasteiger charge is -2.38. The molecule has 0 atom stereocenters. The molecule has 2 aliphatic heterocycles. The third-order valence-corrected chi connectivity index (χ3v) is 6.53. The molecule has 0 aliphatic carbocycles. The number of anilines is 1. The van der Waals surface area contributed by atoms with Gasteiger partial charge in [0.05, 0.1) is 6.26 Å². The van der Waals surface area contributed by atoms with Gasteiger partial charge in [0.15, 0.2) is 11.6 Å². The first-order valence-corrected chi connectivity index (χ1v) is 11.4. The topological polar surface area (TPSA) is 65.7 Å². The second-order valence-corrected chi connectivity index (χ2v) is 8.60. The number of hydrogen-bond acceptors (Lipinski definition) is 6. The molecule has 2 aromatic heterocycles. The molecule has 0 unspecified atom stereocenters. The fourth-order valence-electron chi connectivity index (χ4n) is 4.63. The first-order chi connectivity index (χ1) is 15.8. The van der Waals surface area contributed by atoms with E-state index in [2.05, 4.69) is 49.2 Å². The highest BCUT2D eigenvalue weighted by molar-refractivity contribution is 5.79. The van der Waals surface area contributed by atoms with E-state index in [-0.39, 0.29) is 5.92 Å². The van der Waals surface area contributed by atoms with Gasteiger partial charge in [-0.1, -0.05) is 30.3 Å². The lowest BCUT2D eigenvalue weighted by Crippen LogP contribution is -2.51. The summed E-state index contributed by atoms with van der Waals surface area (Å²) in [5.41, 5.74) is 2.06. The number of aromatic nitrogens is 2. The first kappa shape index (κ1) is 20.7. The fourth-order valence-corrected chi connectivity index (χ4v) is 4.63. The monoisotopic (exact) mass is 431 g/mol. The number of rotatable bonds is 5. The zero-order chi connectivity index (χ0) is 21.8. The van der Waals surface area contributed by atoms with Crippen LogP contribution < -0.4 is 4.90 Å². The SMILES string of the molecule is O=C(C1CCN(c2ccc(-c3ccco3)nn2)CC1)N1CCN(Cc2ccccc2)CC1. The zero-order valence-corrected chi connectivity index (χ0v) is 18.3. The Balaban J connectivity index is 1.09. The maximum atomic E-state index is 13.1. The molecule has 1 aromatic carbocycles. The summed E-state index contributed by atoms with van der Waals surface area (Å²) < 4.78 is 5.38. The van der Waals surface area contributed by atoms with Gasteiger partial charge in [-0.3, -0.25) is 9.69 Å². The maximum absolute atomic E-state index is 13.1. The lowest BCUT2D eigenvalue weighted by molar-refractivity contribution is -0.138. The van der Waals surface area contributed by atoms with E-state index in [0.717, 1.165) is 75.9 Å². The van der Waals surface area contributed by atoms with E-state index >= 15 is 0 Å². The summed E-state index contributed by atoms with van der Waals surface area (Å²) >= 11 is 0. The molecule has 0 N–H and O–H groups in total. The molecular weight excluding hydrogens is 402 g/mol. The quantitative estimate of drug-likeness (QED) is 0.618. The van der Waals surface area contributed by atoms with Crippen molar-refractivity contribution in [2.45, 2.75) is 19.4 Å². The number of amides is 1. The minimum atomic E-state index is 0.113. The van der Waals surface area contributed by atoms with Gasteiger partial charge in [-0.2, -0.15) is 0 Å². The predicted octanol–water partition coefficient (Wildman–Crippen LogP) is 3.30. The van der Waals surface area contributed by atoms with E-state index in [9.17, 15) is 4.79 Å².